The summed E-state index contributed by atoms with van der Waals surface area (Å²) in [6.45, 7) is 1.86. The van der Waals surface area contributed by atoms with Crippen LogP contribution in [0.2, 0.25) is 0 Å². The minimum Gasteiger partial charge on any atom is -0.298 e. The average Bonchev–Trinajstić information content (AvgIpc) is 2.56. The fraction of sp³-hybridized carbons (Fsp3) is 1.00. The molecule has 0 aromatic heterocycles. The van der Waals surface area contributed by atoms with Crippen LogP contribution in [0.15, 0.2) is 0 Å². The van der Waals surface area contributed by atoms with Crippen molar-refractivity contribution in [2.45, 2.75) is 57.2 Å². The molecule has 1 atom stereocenters. The van der Waals surface area contributed by atoms with E-state index in [-0.39, 0.29) is 0 Å². The second kappa shape index (κ2) is 4.41. The van der Waals surface area contributed by atoms with Crippen LogP contribution < -0.4 is 0 Å². The molecule has 1 nitrogen and oxygen atoms in total. The van der Waals surface area contributed by atoms with Gasteiger partial charge in [-0.15, -0.1) is 0 Å². The van der Waals surface area contributed by atoms with E-state index in [0.29, 0.717) is 6.54 Å². The summed E-state index contributed by atoms with van der Waals surface area (Å²) in [4.78, 5) is 2.41. The van der Waals surface area contributed by atoms with Crippen LogP contribution in [0.1, 0.15) is 44.9 Å². The first kappa shape index (κ1) is 9.45. The highest BCUT2D eigenvalue weighted by Crippen LogP contribution is 2.26. The molecule has 0 amide bonds. The van der Waals surface area contributed by atoms with Crippen LogP contribution in [0.25, 0.3) is 0 Å². The lowest BCUT2D eigenvalue weighted by Gasteiger charge is -2.27. The molecule has 76 valence electrons. The van der Waals surface area contributed by atoms with Gasteiger partial charge >= 0.3 is 0 Å². The van der Waals surface area contributed by atoms with Gasteiger partial charge < -0.3 is 0 Å². The predicted molar refractivity (Wildman–Crippen MR) is 52.6 cm³/mol. The third-order valence-corrected chi connectivity index (χ3v) is 3.49. The summed E-state index contributed by atoms with van der Waals surface area (Å²) in [5.74, 6) is 0. The Balaban J connectivity index is 1.88. The van der Waals surface area contributed by atoms with Crippen molar-refractivity contribution < 1.29 is 4.39 Å². The zero-order valence-electron chi connectivity index (χ0n) is 8.34. The number of nitrogens with zero attached hydrogens (tertiary/aromatic N) is 1. The average molecular weight is 185 g/mol. The van der Waals surface area contributed by atoms with E-state index in [1.807, 2.05) is 0 Å². The minimum atomic E-state index is -0.553. The van der Waals surface area contributed by atoms with Gasteiger partial charge in [-0.1, -0.05) is 12.8 Å². The van der Waals surface area contributed by atoms with E-state index in [4.69, 9.17) is 0 Å². The van der Waals surface area contributed by atoms with Gasteiger partial charge in [0.05, 0.1) is 0 Å². The molecular weight excluding hydrogens is 165 g/mol. The number of hydrogen-bond acceptors (Lipinski definition) is 1. The first-order valence-corrected chi connectivity index (χ1v) is 5.74. The highest BCUT2D eigenvalue weighted by molar-refractivity contribution is 4.81. The Kier molecular flexibility index (Phi) is 3.20. The molecule has 2 fully saturated rings. The first-order valence-electron chi connectivity index (χ1n) is 5.74. The van der Waals surface area contributed by atoms with Crippen molar-refractivity contribution in [2.75, 3.05) is 13.1 Å². The molecule has 1 aliphatic heterocycles. The molecule has 1 aliphatic carbocycles. The molecule has 13 heavy (non-hydrogen) atoms. The Bertz CT molecular complexity index is 154. The number of hydrogen-bond donors (Lipinski definition) is 0. The van der Waals surface area contributed by atoms with Crippen molar-refractivity contribution in [3.63, 3.8) is 0 Å². The Labute approximate surface area is 80.3 Å². The van der Waals surface area contributed by atoms with E-state index >= 15 is 0 Å². The number of rotatable bonds is 1. The summed E-state index contributed by atoms with van der Waals surface area (Å²) in [5, 5.41) is 0. The normalized spacial score (nSPS) is 33.5. The molecule has 0 N–H and O–H groups in total. The second-order valence-corrected chi connectivity index (χ2v) is 4.53. The van der Waals surface area contributed by atoms with Gasteiger partial charge in [0, 0.05) is 12.6 Å². The Morgan fingerprint density at radius 1 is 0.923 bits per heavy atom. The van der Waals surface area contributed by atoms with Gasteiger partial charge in [0.25, 0.3) is 0 Å². The van der Waals surface area contributed by atoms with Gasteiger partial charge in [0.2, 0.25) is 0 Å². The highest BCUT2D eigenvalue weighted by atomic mass is 19.1. The van der Waals surface area contributed by atoms with E-state index in [2.05, 4.69) is 4.90 Å². The molecule has 2 heteroatoms. The molecule has 2 aliphatic rings. The molecule has 0 spiro atoms. The van der Waals surface area contributed by atoms with Crippen molar-refractivity contribution in [1.29, 1.82) is 0 Å². The fourth-order valence-electron chi connectivity index (χ4n) is 2.72. The van der Waals surface area contributed by atoms with Gasteiger partial charge in [-0.2, -0.15) is 0 Å². The Morgan fingerprint density at radius 3 is 2.38 bits per heavy atom. The lowest BCUT2D eigenvalue weighted by Crippen LogP contribution is -2.37. The van der Waals surface area contributed by atoms with Gasteiger partial charge in [0.15, 0.2) is 0 Å². The Morgan fingerprint density at radius 2 is 1.62 bits per heavy atom. The molecule has 0 bridgehead atoms. The van der Waals surface area contributed by atoms with Crippen molar-refractivity contribution in [1.82, 2.24) is 4.90 Å². The van der Waals surface area contributed by atoms with E-state index in [0.717, 1.165) is 25.4 Å². The summed E-state index contributed by atoms with van der Waals surface area (Å²) in [6, 6.07) is 0.719. The maximum absolute atomic E-state index is 13.3. The van der Waals surface area contributed by atoms with Crippen molar-refractivity contribution in [2.24, 2.45) is 0 Å². The highest BCUT2D eigenvalue weighted by Gasteiger charge is 2.26. The maximum Gasteiger partial charge on any atom is 0.113 e. The fourth-order valence-corrected chi connectivity index (χ4v) is 2.72. The SMILES string of the molecule is FC1CCCCN(C2CCCC2)C1. The maximum atomic E-state index is 13.3. The molecule has 0 aromatic rings. The summed E-state index contributed by atoms with van der Waals surface area (Å²) in [5.41, 5.74) is 0. The molecule has 1 saturated heterocycles. The van der Waals surface area contributed by atoms with Crippen LogP contribution in [0.4, 0.5) is 4.39 Å². The van der Waals surface area contributed by atoms with E-state index < -0.39 is 6.17 Å². The molecule has 1 heterocycles. The number of likely N-dealkylation sites (tertiary alicyclic amines) is 1. The smallest absolute Gasteiger partial charge is 0.113 e. The van der Waals surface area contributed by atoms with Crippen molar-refractivity contribution in [3.05, 3.63) is 0 Å². The van der Waals surface area contributed by atoms with Crippen LogP contribution in [0.5, 0.6) is 0 Å². The van der Waals surface area contributed by atoms with Crippen LogP contribution in [-0.2, 0) is 0 Å². The molecule has 1 saturated carbocycles. The van der Waals surface area contributed by atoms with Crippen molar-refractivity contribution >= 4 is 0 Å². The van der Waals surface area contributed by atoms with Crippen LogP contribution in [0, 0.1) is 0 Å². The molecule has 0 aromatic carbocycles. The third-order valence-electron chi connectivity index (χ3n) is 3.49. The van der Waals surface area contributed by atoms with Crippen LogP contribution >= 0.6 is 0 Å². The molecule has 2 rings (SSSR count). The third kappa shape index (κ3) is 2.43. The van der Waals surface area contributed by atoms with Gasteiger partial charge in [0.1, 0.15) is 6.17 Å². The topological polar surface area (TPSA) is 3.24 Å². The Hall–Kier alpha value is -0.110. The lowest BCUT2D eigenvalue weighted by atomic mass is 10.2. The number of alkyl halides is 1. The summed E-state index contributed by atoms with van der Waals surface area (Å²) in [6.07, 6.45) is 7.88. The molecule has 1 unspecified atom stereocenters. The van der Waals surface area contributed by atoms with E-state index in [1.165, 1.54) is 32.1 Å². The largest absolute Gasteiger partial charge is 0.298 e. The second-order valence-electron chi connectivity index (χ2n) is 4.53. The van der Waals surface area contributed by atoms with Crippen LogP contribution in [-0.4, -0.2) is 30.2 Å². The molecular formula is C11H20FN. The summed E-state index contributed by atoms with van der Waals surface area (Å²) in [7, 11) is 0. The first-order chi connectivity index (χ1) is 6.36. The van der Waals surface area contributed by atoms with Crippen LogP contribution in [0.3, 0.4) is 0 Å². The predicted octanol–water partition coefficient (Wildman–Crippen LogP) is 2.75. The standard InChI is InChI=1S/C11H20FN/c12-10-5-3-4-8-13(9-10)11-6-1-2-7-11/h10-11H,1-9H2. The zero-order chi connectivity index (χ0) is 9.10. The van der Waals surface area contributed by atoms with E-state index in [9.17, 15) is 4.39 Å². The quantitative estimate of drug-likeness (QED) is 0.607. The molecule has 0 radical (unpaired) electrons. The summed E-state index contributed by atoms with van der Waals surface area (Å²) < 4.78 is 13.3. The van der Waals surface area contributed by atoms with Gasteiger partial charge in [-0.3, -0.25) is 4.90 Å². The minimum absolute atomic E-state index is 0.553. The summed E-state index contributed by atoms with van der Waals surface area (Å²) >= 11 is 0. The van der Waals surface area contributed by atoms with Crippen molar-refractivity contribution in [3.8, 4) is 0 Å². The lowest BCUT2D eigenvalue weighted by molar-refractivity contribution is 0.158. The van der Waals surface area contributed by atoms with Gasteiger partial charge in [-0.05, 0) is 38.6 Å². The van der Waals surface area contributed by atoms with E-state index in [1.54, 1.807) is 0 Å². The number of halogens is 1. The zero-order valence-corrected chi connectivity index (χ0v) is 8.34. The van der Waals surface area contributed by atoms with Gasteiger partial charge in [-0.25, -0.2) is 4.39 Å². The monoisotopic (exact) mass is 185 g/mol.